The van der Waals surface area contributed by atoms with Crippen LogP contribution in [0.15, 0.2) is 30.3 Å². The highest BCUT2D eigenvalue weighted by atomic mass is 32.1. The lowest BCUT2D eigenvalue weighted by molar-refractivity contribution is 0.493. The normalized spacial score (nSPS) is 13.1. The van der Waals surface area contributed by atoms with Crippen molar-refractivity contribution in [2.75, 3.05) is 0 Å². The van der Waals surface area contributed by atoms with E-state index >= 15 is 0 Å². The molecule has 0 aliphatic carbocycles. The van der Waals surface area contributed by atoms with Crippen LogP contribution in [0.4, 0.5) is 0 Å². The van der Waals surface area contributed by atoms with E-state index in [1.54, 1.807) is 0 Å². The Morgan fingerprint density at radius 3 is 2.82 bits per heavy atom. The van der Waals surface area contributed by atoms with Gasteiger partial charge in [-0.05, 0) is 23.9 Å². The Bertz CT molecular complexity index is 431. The molecule has 1 unspecified atom stereocenters. The second-order valence-electron chi connectivity index (χ2n) is 4.40. The van der Waals surface area contributed by atoms with Crippen molar-refractivity contribution in [2.45, 2.75) is 38.6 Å². The number of hydrazine groups is 1. The molecule has 0 saturated carbocycles. The molecule has 3 heteroatoms. The van der Waals surface area contributed by atoms with Gasteiger partial charge in [-0.25, -0.2) is 0 Å². The Kier molecular flexibility index (Phi) is 4.54. The van der Waals surface area contributed by atoms with Crippen molar-refractivity contribution < 1.29 is 0 Å². The predicted octanol–water partition coefficient (Wildman–Crippen LogP) is 3.99. The zero-order chi connectivity index (χ0) is 12.1. The van der Waals surface area contributed by atoms with E-state index in [9.17, 15) is 0 Å². The molecule has 2 rings (SSSR count). The molecule has 0 fully saturated rings. The van der Waals surface area contributed by atoms with Crippen LogP contribution in [-0.2, 0) is 0 Å². The fraction of sp³-hybridized carbons (Fsp3) is 0.429. The molecule has 0 bridgehead atoms. The number of nitrogens with one attached hydrogen (secondary N) is 1. The molecule has 1 aromatic carbocycles. The summed E-state index contributed by atoms with van der Waals surface area (Å²) in [4.78, 5) is 1.35. The number of thiophene rings is 1. The number of hydrogen-bond acceptors (Lipinski definition) is 3. The number of hydrogen-bond donors (Lipinski definition) is 2. The average molecular weight is 248 g/mol. The second-order valence-corrected chi connectivity index (χ2v) is 5.52. The van der Waals surface area contributed by atoms with Gasteiger partial charge < -0.3 is 0 Å². The standard InChI is InChI=1S/C14H20N2S/c1-2-3-4-8-12(16-15)14-10-11-7-5-6-9-13(11)17-14/h5-7,9-10,12,16H,2-4,8,15H2,1H3. The molecule has 0 amide bonds. The molecular formula is C14H20N2S. The lowest BCUT2D eigenvalue weighted by Crippen LogP contribution is -2.27. The van der Waals surface area contributed by atoms with E-state index < -0.39 is 0 Å². The van der Waals surface area contributed by atoms with Crippen LogP contribution in [-0.4, -0.2) is 0 Å². The smallest absolute Gasteiger partial charge is 0.0553 e. The minimum absolute atomic E-state index is 0.305. The van der Waals surface area contributed by atoms with Crippen LogP contribution >= 0.6 is 11.3 Å². The maximum absolute atomic E-state index is 5.67. The molecule has 1 aromatic heterocycles. The highest BCUT2D eigenvalue weighted by molar-refractivity contribution is 7.19. The van der Waals surface area contributed by atoms with Gasteiger partial charge in [0.25, 0.3) is 0 Å². The van der Waals surface area contributed by atoms with E-state index in [2.05, 4.69) is 42.7 Å². The third kappa shape index (κ3) is 3.06. The van der Waals surface area contributed by atoms with Crippen molar-refractivity contribution in [3.63, 3.8) is 0 Å². The van der Waals surface area contributed by atoms with Gasteiger partial charge in [0.2, 0.25) is 0 Å². The summed E-state index contributed by atoms with van der Waals surface area (Å²) in [7, 11) is 0. The topological polar surface area (TPSA) is 38.0 Å². The maximum Gasteiger partial charge on any atom is 0.0553 e. The zero-order valence-electron chi connectivity index (χ0n) is 10.3. The van der Waals surface area contributed by atoms with E-state index in [-0.39, 0.29) is 0 Å². The van der Waals surface area contributed by atoms with Crippen molar-refractivity contribution in [3.8, 4) is 0 Å². The molecule has 0 radical (unpaired) electrons. The van der Waals surface area contributed by atoms with E-state index in [4.69, 9.17) is 5.84 Å². The first-order valence-corrected chi connectivity index (χ1v) is 7.11. The largest absolute Gasteiger partial charge is 0.271 e. The molecule has 3 N–H and O–H groups in total. The van der Waals surface area contributed by atoms with Gasteiger partial charge in [-0.3, -0.25) is 11.3 Å². The van der Waals surface area contributed by atoms with Gasteiger partial charge in [-0.2, -0.15) is 0 Å². The Morgan fingerprint density at radius 2 is 2.12 bits per heavy atom. The molecule has 2 aromatic rings. The van der Waals surface area contributed by atoms with Crippen LogP contribution < -0.4 is 11.3 Å². The molecule has 1 heterocycles. The summed E-state index contributed by atoms with van der Waals surface area (Å²) >= 11 is 1.85. The van der Waals surface area contributed by atoms with Crippen molar-refractivity contribution >= 4 is 21.4 Å². The van der Waals surface area contributed by atoms with Gasteiger partial charge in [-0.1, -0.05) is 44.4 Å². The van der Waals surface area contributed by atoms with E-state index in [1.165, 1.54) is 34.2 Å². The number of benzene rings is 1. The molecule has 0 saturated heterocycles. The first-order valence-electron chi connectivity index (χ1n) is 6.29. The third-order valence-electron chi connectivity index (χ3n) is 3.09. The summed E-state index contributed by atoms with van der Waals surface area (Å²) in [6, 6.07) is 11.1. The quantitative estimate of drug-likeness (QED) is 0.461. The van der Waals surface area contributed by atoms with Crippen LogP contribution in [0.2, 0.25) is 0 Å². The SMILES string of the molecule is CCCCCC(NN)c1cc2ccccc2s1. The maximum atomic E-state index is 5.67. The molecule has 1 atom stereocenters. The lowest BCUT2D eigenvalue weighted by Gasteiger charge is -2.13. The second kappa shape index (κ2) is 6.15. The van der Waals surface area contributed by atoms with Gasteiger partial charge in [0.05, 0.1) is 6.04 Å². The van der Waals surface area contributed by atoms with Crippen LogP contribution in [0.5, 0.6) is 0 Å². The first-order chi connectivity index (χ1) is 8.35. The first kappa shape index (κ1) is 12.6. The van der Waals surface area contributed by atoms with E-state index in [0.29, 0.717) is 6.04 Å². The Hall–Kier alpha value is -0.900. The number of fused-ring (bicyclic) bond motifs is 1. The highest BCUT2D eigenvalue weighted by Crippen LogP contribution is 2.31. The Balaban J connectivity index is 2.12. The monoisotopic (exact) mass is 248 g/mol. The molecule has 0 spiro atoms. The van der Waals surface area contributed by atoms with Crippen molar-refractivity contribution in [2.24, 2.45) is 5.84 Å². The van der Waals surface area contributed by atoms with Crippen LogP contribution in [0, 0.1) is 0 Å². The van der Waals surface area contributed by atoms with Gasteiger partial charge in [0.15, 0.2) is 0 Å². The summed E-state index contributed by atoms with van der Waals surface area (Å²) in [5.74, 6) is 5.67. The van der Waals surface area contributed by atoms with Gasteiger partial charge in [-0.15, -0.1) is 11.3 Å². The van der Waals surface area contributed by atoms with E-state index in [1.807, 2.05) is 11.3 Å². The van der Waals surface area contributed by atoms with Crippen molar-refractivity contribution in [3.05, 3.63) is 35.2 Å². The number of nitrogens with two attached hydrogens (primary N) is 1. The predicted molar refractivity (Wildman–Crippen MR) is 76.0 cm³/mol. The fourth-order valence-electron chi connectivity index (χ4n) is 2.08. The van der Waals surface area contributed by atoms with Crippen LogP contribution in [0.1, 0.15) is 43.5 Å². The zero-order valence-corrected chi connectivity index (χ0v) is 11.1. The molecule has 92 valence electrons. The molecule has 0 aliphatic heterocycles. The fourth-order valence-corrected chi connectivity index (χ4v) is 3.24. The molecule has 17 heavy (non-hydrogen) atoms. The number of rotatable bonds is 6. The average Bonchev–Trinajstić information content (AvgIpc) is 2.78. The summed E-state index contributed by atoms with van der Waals surface area (Å²) in [6.07, 6.45) is 4.89. The Morgan fingerprint density at radius 1 is 1.29 bits per heavy atom. The van der Waals surface area contributed by atoms with Crippen LogP contribution in [0.25, 0.3) is 10.1 Å². The number of unbranched alkanes of at least 4 members (excludes halogenated alkanes) is 2. The van der Waals surface area contributed by atoms with Crippen molar-refractivity contribution in [1.29, 1.82) is 0 Å². The summed E-state index contributed by atoms with van der Waals surface area (Å²) < 4.78 is 1.35. The third-order valence-corrected chi connectivity index (χ3v) is 4.32. The summed E-state index contributed by atoms with van der Waals surface area (Å²) in [5, 5.41) is 1.32. The van der Waals surface area contributed by atoms with Crippen molar-refractivity contribution in [1.82, 2.24) is 5.43 Å². The summed E-state index contributed by atoms with van der Waals surface area (Å²) in [5.41, 5.74) is 2.95. The van der Waals surface area contributed by atoms with Crippen LogP contribution in [0.3, 0.4) is 0 Å². The highest BCUT2D eigenvalue weighted by Gasteiger charge is 2.12. The van der Waals surface area contributed by atoms with E-state index in [0.717, 1.165) is 6.42 Å². The van der Waals surface area contributed by atoms with Gasteiger partial charge in [0.1, 0.15) is 0 Å². The minimum atomic E-state index is 0.305. The van der Waals surface area contributed by atoms with Gasteiger partial charge >= 0.3 is 0 Å². The van der Waals surface area contributed by atoms with Gasteiger partial charge in [0, 0.05) is 9.58 Å². The lowest BCUT2D eigenvalue weighted by atomic mass is 10.1. The molecular weight excluding hydrogens is 228 g/mol. The molecule has 0 aliphatic rings. The summed E-state index contributed by atoms with van der Waals surface area (Å²) in [6.45, 7) is 2.23. The minimum Gasteiger partial charge on any atom is -0.271 e. The molecule has 2 nitrogen and oxygen atoms in total. The Labute approximate surface area is 107 Å².